The number of rotatable bonds is 5. The van der Waals surface area contributed by atoms with Crippen molar-refractivity contribution in [1.29, 1.82) is 0 Å². The second-order valence-electron chi connectivity index (χ2n) is 6.77. The van der Waals surface area contributed by atoms with Crippen LogP contribution in [0, 0.1) is 13.8 Å². The molecular weight excluding hydrogens is 290 g/mol. The van der Waals surface area contributed by atoms with Crippen molar-refractivity contribution in [3.63, 3.8) is 0 Å². The van der Waals surface area contributed by atoms with Crippen LogP contribution in [0.15, 0.2) is 12.3 Å². The molecule has 2 aromatic rings. The molecule has 1 aliphatic rings. The second-order valence-corrected chi connectivity index (χ2v) is 6.77. The van der Waals surface area contributed by atoms with Crippen molar-refractivity contribution in [3.8, 4) is 0 Å². The normalized spacial score (nSPS) is 18.3. The minimum Gasteiger partial charge on any atom is -0.352 e. The van der Waals surface area contributed by atoms with Gasteiger partial charge in [0, 0.05) is 48.5 Å². The Balaban J connectivity index is 1.81. The molecule has 6 heteroatoms. The SMILES string of the molecule is Cc1cc(C)n2ncc(CN(C[C@H]3CCC(=O)N3)C(C)C)c2n1. The van der Waals surface area contributed by atoms with Crippen molar-refractivity contribution in [2.24, 2.45) is 0 Å². The summed E-state index contributed by atoms with van der Waals surface area (Å²) in [5, 5.41) is 7.53. The van der Waals surface area contributed by atoms with Gasteiger partial charge >= 0.3 is 0 Å². The van der Waals surface area contributed by atoms with Crippen molar-refractivity contribution in [2.75, 3.05) is 6.54 Å². The Labute approximate surface area is 136 Å². The third-order valence-electron chi connectivity index (χ3n) is 4.49. The number of nitrogens with zero attached hydrogens (tertiary/aromatic N) is 4. The molecule has 0 radical (unpaired) electrons. The van der Waals surface area contributed by atoms with Gasteiger partial charge in [-0.05, 0) is 40.2 Å². The van der Waals surface area contributed by atoms with Crippen molar-refractivity contribution < 1.29 is 4.79 Å². The van der Waals surface area contributed by atoms with Crippen LogP contribution in [0.4, 0.5) is 0 Å². The summed E-state index contributed by atoms with van der Waals surface area (Å²) in [7, 11) is 0. The second kappa shape index (κ2) is 6.28. The van der Waals surface area contributed by atoms with Gasteiger partial charge in [0.15, 0.2) is 5.65 Å². The van der Waals surface area contributed by atoms with Crippen molar-refractivity contribution in [1.82, 2.24) is 24.8 Å². The van der Waals surface area contributed by atoms with Crippen molar-refractivity contribution in [2.45, 2.75) is 59.2 Å². The fourth-order valence-electron chi connectivity index (χ4n) is 3.20. The van der Waals surface area contributed by atoms with Crippen molar-refractivity contribution >= 4 is 11.6 Å². The Morgan fingerprint density at radius 3 is 2.87 bits per heavy atom. The van der Waals surface area contributed by atoms with E-state index in [9.17, 15) is 4.79 Å². The molecule has 3 heterocycles. The van der Waals surface area contributed by atoms with E-state index in [1.54, 1.807) is 0 Å². The largest absolute Gasteiger partial charge is 0.352 e. The van der Waals surface area contributed by atoms with Gasteiger partial charge in [0.05, 0.1) is 6.20 Å². The number of carbonyl (C=O) groups excluding carboxylic acids is 1. The lowest BCUT2D eigenvalue weighted by molar-refractivity contribution is -0.119. The predicted molar refractivity (Wildman–Crippen MR) is 89.2 cm³/mol. The smallest absolute Gasteiger partial charge is 0.220 e. The average molecular weight is 315 g/mol. The number of carbonyl (C=O) groups is 1. The fraction of sp³-hybridized carbons (Fsp3) is 0.588. The maximum atomic E-state index is 11.4. The summed E-state index contributed by atoms with van der Waals surface area (Å²) in [5.41, 5.74) is 4.17. The maximum Gasteiger partial charge on any atom is 0.220 e. The first kappa shape index (κ1) is 15.9. The number of aromatic nitrogens is 3. The van der Waals surface area contributed by atoms with E-state index < -0.39 is 0 Å². The first-order valence-electron chi connectivity index (χ1n) is 8.28. The molecule has 3 rings (SSSR count). The van der Waals surface area contributed by atoms with Crippen LogP contribution >= 0.6 is 0 Å². The summed E-state index contributed by atoms with van der Waals surface area (Å²) in [4.78, 5) is 18.5. The van der Waals surface area contributed by atoms with E-state index >= 15 is 0 Å². The Bertz CT molecular complexity index is 721. The van der Waals surface area contributed by atoms with Crippen LogP contribution in [0.25, 0.3) is 5.65 Å². The monoisotopic (exact) mass is 315 g/mol. The van der Waals surface area contributed by atoms with Crippen LogP contribution in [-0.4, -0.2) is 44.0 Å². The van der Waals surface area contributed by atoms with Crippen LogP contribution in [-0.2, 0) is 11.3 Å². The van der Waals surface area contributed by atoms with Gasteiger partial charge in [-0.15, -0.1) is 0 Å². The number of fused-ring (bicyclic) bond motifs is 1. The topological polar surface area (TPSA) is 62.5 Å². The summed E-state index contributed by atoms with van der Waals surface area (Å²) in [6.07, 6.45) is 3.48. The minimum absolute atomic E-state index is 0.169. The molecule has 0 bridgehead atoms. The Morgan fingerprint density at radius 1 is 1.43 bits per heavy atom. The Morgan fingerprint density at radius 2 is 2.22 bits per heavy atom. The molecule has 1 fully saturated rings. The van der Waals surface area contributed by atoms with E-state index in [2.05, 4.69) is 34.1 Å². The maximum absolute atomic E-state index is 11.4. The molecule has 23 heavy (non-hydrogen) atoms. The summed E-state index contributed by atoms with van der Waals surface area (Å²) in [5.74, 6) is 0.169. The molecule has 0 saturated carbocycles. The van der Waals surface area contributed by atoms with Crippen molar-refractivity contribution in [3.05, 3.63) is 29.2 Å². The molecule has 1 aliphatic heterocycles. The third-order valence-corrected chi connectivity index (χ3v) is 4.49. The molecular formula is C17H25N5O. The van der Waals surface area contributed by atoms with Gasteiger partial charge in [-0.2, -0.15) is 5.10 Å². The molecule has 0 aliphatic carbocycles. The number of hydrogen-bond donors (Lipinski definition) is 1. The van der Waals surface area contributed by atoms with Crippen LogP contribution < -0.4 is 5.32 Å². The highest BCUT2D eigenvalue weighted by atomic mass is 16.1. The number of hydrogen-bond acceptors (Lipinski definition) is 4. The first-order valence-corrected chi connectivity index (χ1v) is 8.28. The third kappa shape index (κ3) is 3.37. The molecule has 1 N–H and O–H groups in total. The highest BCUT2D eigenvalue weighted by Gasteiger charge is 2.25. The molecule has 1 saturated heterocycles. The molecule has 2 aromatic heterocycles. The highest BCUT2D eigenvalue weighted by molar-refractivity contribution is 5.78. The van der Waals surface area contributed by atoms with E-state index in [0.717, 1.165) is 42.1 Å². The number of amides is 1. The number of nitrogens with one attached hydrogen (secondary N) is 1. The highest BCUT2D eigenvalue weighted by Crippen LogP contribution is 2.17. The zero-order chi connectivity index (χ0) is 16.6. The zero-order valence-corrected chi connectivity index (χ0v) is 14.3. The molecule has 0 unspecified atom stereocenters. The van der Waals surface area contributed by atoms with Crippen LogP contribution in [0.3, 0.4) is 0 Å². The number of aryl methyl sites for hydroxylation is 2. The lowest BCUT2D eigenvalue weighted by atomic mass is 10.1. The lowest BCUT2D eigenvalue weighted by Crippen LogP contribution is -2.41. The van der Waals surface area contributed by atoms with E-state index in [0.29, 0.717) is 12.5 Å². The van der Waals surface area contributed by atoms with E-state index in [-0.39, 0.29) is 11.9 Å². The molecule has 1 amide bonds. The molecule has 0 aromatic carbocycles. The quantitative estimate of drug-likeness (QED) is 0.914. The van der Waals surface area contributed by atoms with Crippen LogP contribution in [0.1, 0.15) is 43.6 Å². The molecule has 6 nitrogen and oxygen atoms in total. The lowest BCUT2D eigenvalue weighted by Gasteiger charge is -2.28. The van der Waals surface area contributed by atoms with Gasteiger partial charge in [-0.3, -0.25) is 9.69 Å². The molecule has 1 atom stereocenters. The van der Waals surface area contributed by atoms with E-state index in [1.807, 2.05) is 30.6 Å². The van der Waals surface area contributed by atoms with Crippen LogP contribution in [0.2, 0.25) is 0 Å². The Hall–Kier alpha value is -1.95. The summed E-state index contributed by atoms with van der Waals surface area (Å²) in [6.45, 7) is 10.1. The standard InChI is InChI=1S/C17H25N5O/c1-11(2)21(10-15-5-6-16(23)20-15)9-14-8-18-22-13(4)7-12(3)19-17(14)22/h7-8,11,15H,5-6,9-10H2,1-4H3,(H,20,23)/t15-/m1/s1. The molecule has 0 spiro atoms. The van der Waals surface area contributed by atoms with Gasteiger partial charge in [0.25, 0.3) is 0 Å². The predicted octanol–water partition coefficient (Wildman–Crippen LogP) is 1.84. The summed E-state index contributed by atoms with van der Waals surface area (Å²) < 4.78 is 1.90. The average Bonchev–Trinajstić information content (AvgIpc) is 3.05. The Kier molecular flexibility index (Phi) is 4.35. The minimum atomic E-state index is 0.169. The van der Waals surface area contributed by atoms with Gasteiger partial charge in [0.1, 0.15) is 0 Å². The summed E-state index contributed by atoms with van der Waals surface area (Å²) in [6, 6.07) is 2.69. The van der Waals surface area contributed by atoms with Gasteiger partial charge in [-0.25, -0.2) is 9.50 Å². The summed E-state index contributed by atoms with van der Waals surface area (Å²) >= 11 is 0. The first-order chi connectivity index (χ1) is 10.9. The van der Waals surface area contributed by atoms with Crippen LogP contribution in [0.5, 0.6) is 0 Å². The molecule has 124 valence electrons. The van der Waals surface area contributed by atoms with E-state index in [1.165, 1.54) is 0 Å². The zero-order valence-electron chi connectivity index (χ0n) is 14.3. The van der Waals surface area contributed by atoms with E-state index in [4.69, 9.17) is 0 Å². The fourth-order valence-corrected chi connectivity index (χ4v) is 3.20. The van der Waals surface area contributed by atoms with Gasteiger partial charge < -0.3 is 5.32 Å². The van der Waals surface area contributed by atoms with Gasteiger partial charge in [-0.1, -0.05) is 0 Å². The van der Waals surface area contributed by atoms with Gasteiger partial charge in [0.2, 0.25) is 5.91 Å².